The van der Waals surface area contributed by atoms with Crippen LogP contribution in [0.5, 0.6) is 0 Å². The Morgan fingerprint density at radius 2 is 1.57 bits per heavy atom. The van der Waals surface area contributed by atoms with E-state index in [2.05, 4.69) is 4.98 Å². The number of nitro groups is 1. The number of aromatic nitrogens is 1. The minimum atomic E-state index is -3.43. The first-order valence-electron chi connectivity index (χ1n) is 8.76. The van der Waals surface area contributed by atoms with E-state index in [-0.39, 0.29) is 5.69 Å². The summed E-state index contributed by atoms with van der Waals surface area (Å²) < 4.78 is 26.7. The van der Waals surface area contributed by atoms with Gasteiger partial charge in [0, 0.05) is 41.7 Å². The maximum atomic E-state index is 12.6. The first-order valence-corrected chi connectivity index (χ1v) is 11.1. The molecule has 2 aromatic carbocycles. The maximum absolute atomic E-state index is 12.6. The third-order valence-corrected chi connectivity index (χ3v) is 7.49. The molecule has 0 spiro atoms. The normalized spacial score (nSPS) is 15.0. The zero-order chi connectivity index (χ0) is 19.7. The number of benzene rings is 2. The fourth-order valence-corrected chi connectivity index (χ4v) is 5.49. The largest absolute Gasteiger partial charge is 0.269 e. The van der Waals surface area contributed by atoms with Gasteiger partial charge in [-0.25, -0.2) is 13.4 Å². The molecule has 0 saturated carbocycles. The van der Waals surface area contributed by atoms with Crippen LogP contribution in [0.1, 0.15) is 12.8 Å². The van der Waals surface area contributed by atoms with Crippen molar-refractivity contribution in [1.82, 2.24) is 9.29 Å². The lowest BCUT2D eigenvalue weighted by molar-refractivity contribution is -0.384. The Labute approximate surface area is 166 Å². The van der Waals surface area contributed by atoms with Crippen molar-refractivity contribution in [2.75, 3.05) is 13.1 Å². The summed E-state index contributed by atoms with van der Waals surface area (Å²) in [5, 5.41) is 13.4. The second-order valence-corrected chi connectivity index (χ2v) is 9.27. The van der Waals surface area contributed by atoms with Crippen molar-refractivity contribution in [2.24, 2.45) is 0 Å². The van der Waals surface area contributed by atoms with E-state index in [9.17, 15) is 18.5 Å². The highest BCUT2D eigenvalue weighted by Crippen LogP contribution is 2.31. The lowest BCUT2D eigenvalue weighted by Crippen LogP contribution is -2.27. The second kappa shape index (κ2) is 7.42. The van der Waals surface area contributed by atoms with Gasteiger partial charge in [-0.1, -0.05) is 12.1 Å². The molecule has 0 bridgehead atoms. The van der Waals surface area contributed by atoms with E-state index >= 15 is 0 Å². The van der Waals surface area contributed by atoms with Gasteiger partial charge < -0.3 is 0 Å². The summed E-state index contributed by atoms with van der Waals surface area (Å²) in [5.41, 5.74) is 2.40. The molecule has 4 rings (SSSR count). The number of hydrogen-bond donors (Lipinski definition) is 0. The molecule has 0 N–H and O–H groups in total. The highest BCUT2D eigenvalue weighted by atomic mass is 32.2. The van der Waals surface area contributed by atoms with Crippen LogP contribution in [-0.4, -0.2) is 35.7 Å². The molecule has 2 heterocycles. The molecule has 0 radical (unpaired) electrons. The zero-order valence-corrected chi connectivity index (χ0v) is 16.4. The number of sulfonamides is 1. The topological polar surface area (TPSA) is 93.4 Å². The predicted molar refractivity (Wildman–Crippen MR) is 108 cm³/mol. The SMILES string of the molecule is O=[N+]([O-])c1ccc(-c2nc(-c3ccc(S(=O)(=O)N4CCCC4)cc3)cs2)cc1. The van der Waals surface area contributed by atoms with Crippen LogP contribution in [0.25, 0.3) is 21.8 Å². The van der Waals surface area contributed by atoms with E-state index in [0.29, 0.717) is 18.0 Å². The lowest BCUT2D eigenvalue weighted by Gasteiger charge is -2.15. The third kappa shape index (κ3) is 3.56. The molecule has 28 heavy (non-hydrogen) atoms. The Bertz CT molecular complexity index is 1100. The van der Waals surface area contributed by atoms with Crippen molar-refractivity contribution in [3.63, 3.8) is 0 Å². The molecule has 0 unspecified atom stereocenters. The van der Waals surface area contributed by atoms with Crippen LogP contribution in [0.4, 0.5) is 5.69 Å². The Kier molecular flexibility index (Phi) is 4.96. The molecule has 144 valence electrons. The van der Waals surface area contributed by atoms with Crippen molar-refractivity contribution in [3.05, 3.63) is 64.0 Å². The number of non-ortho nitro benzene ring substituents is 1. The average molecular weight is 415 g/mol. The summed E-state index contributed by atoms with van der Waals surface area (Å²) in [6.07, 6.45) is 1.81. The van der Waals surface area contributed by atoms with Gasteiger partial charge in [0.15, 0.2) is 0 Å². The Hall–Kier alpha value is -2.62. The van der Waals surface area contributed by atoms with Gasteiger partial charge >= 0.3 is 0 Å². The number of thiazole rings is 1. The van der Waals surface area contributed by atoms with Crippen LogP contribution in [0, 0.1) is 10.1 Å². The summed E-state index contributed by atoms with van der Waals surface area (Å²) in [7, 11) is -3.43. The van der Waals surface area contributed by atoms with Gasteiger partial charge in [0.2, 0.25) is 10.0 Å². The Balaban J connectivity index is 1.56. The van der Waals surface area contributed by atoms with E-state index in [1.165, 1.54) is 27.8 Å². The van der Waals surface area contributed by atoms with Crippen LogP contribution in [0.15, 0.2) is 58.8 Å². The van der Waals surface area contributed by atoms with Gasteiger partial charge in [-0.3, -0.25) is 10.1 Å². The van der Waals surface area contributed by atoms with Gasteiger partial charge in [-0.2, -0.15) is 4.31 Å². The maximum Gasteiger partial charge on any atom is 0.269 e. The molecule has 0 atom stereocenters. The minimum absolute atomic E-state index is 0.0373. The fourth-order valence-electron chi connectivity index (χ4n) is 3.14. The first-order chi connectivity index (χ1) is 13.4. The molecule has 1 aromatic heterocycles. The first kappa shape index (κ1) is 18.7. The van der Waals surface area contributed by atoms with Crippen molar-refractivity contribution in [1.29, 1.82) is 0 Å². The van der Waals surface area contributed by atoms with Gasteiger partial charge in [0.1, 0.15) is 5.01 Å². The number of nitrogens with zero attached hydrogens (tertiary/aromatic N) is 3. The molecule has 9 heteroatoms. The van der Waals surface area contributed by atoms with E-state index in [1.54, 1.807) is 36.4 Å². The quantitative estimate of drug-likeness (QED) is 0.460. The second-order valence-electron chi connectivity index (χ2n) is 6.48. The van der Waals surface area contributed by atoms with Gasteiger partial charge in [-0.15, -0.1) is 11.3 Å². The van der Waals surface area contributed by atoms with E-state index in [1.807, 2.05) is 5.38 Å². The molecule has 0 aliphatic carbocycles. The molecule has 1 saturated heterocycles. The molecule has 7 nitrogen and oxygen atoms in total. The Morgan fingerprint density at radius 1 is 0.964 bits per heavy atom. The number of nitro benzene ring substituents is 1. The molecule has 1 fully saturated rings. The average Bonchev–Trinajstić information content (AvgIpc) is 3.41. The summed E-state index contributed by atoms with van der Waals surface area (Å²) in [4.78, 5) is 15.2. The number of hydrogen-bond acceptors (Lipinski definition) is 6. The van der Waals surface area contributed by atoms with Crippen LogP contribution >= 0.6 is 11.3 Å². The Morgan fingerprint density at radius 3 is 2.18 bits per heavy atom. The smallest absolute Gasteiger partial charge is 0.258 e. The van der Waals surface area contributed by atoms with Crippen molar-refractivity contribution >= 4 is 27.0 Å². The van der Waals surface area contributed by atoms with E-state index in [4.69, 9.17) is 0 Å². The molecular formula is C19H17N3O4S2. The van der Waals surface area contributed by atoms with Crippen LogP contribution in [0.3, 0.4) is 0 Å². The molecular weight excluding hydrogens is 398 g/mol. The summed E-state index contributed by atoms with van der Waals surface area (Å²) in [5.74, 6) is 0. The van der Waals surface area contributed by atoms with Crippen molar-refractivity contribution in [2.45, 2.75) is 17.7 Å². The monoisotopic (exact) mass is 415 g/mol. The molecule has 3 aromatic rings. The third-order valence-electron chi connectivity index (χ3n) is 4.68. The minimum Gasteiger partial charge on any atom is -0.258 e. The summed E-state index contributed by atoms with van der Waals surface area (Å²) in [6, 6.07) is 13.0. The van der Waals surface area contributed by atoms with Crippen molar-refractivity contribution in [3.8, 4) is 21.8 Å². The predicted octanol–water partition coefficient (Wildman–Crippen LogP) is 4.17. The highest BCUT2D eigenvalue weighted by Gasteiger charge is 2.27. The van der Waals surface area contributed by atoms with Crippen molar-refractivity contribution < 1.29 is 13.3 Å². The van der Waals surface area contributed by atoms with E-state index < -0.39 is 14.9 Å². The van der Waals surface area contributed by atoms with Crippen LogP contribution < -0.4 is 0 Å². The molecule has 0 amide bonds. The fraction of sp³-hybridized carbons (Fsp3) is 0.211. The van der Waals surface area contributed by atoms with E-state index in [0.717, 1.165) is 34.7 Å². The molecule has 1 aliphatic heterocycles. The number of rotatable bonds is 5. The summed E-state index contributed by atoms with van der Waals surface area (Å²) in [6.45, 7) is 1.16. The lowest BCUT2D eigenvalue weighted by atomic mass is 10.2. The van der Waals surface area contributed by atoms with Gasteiger partial charge in [0.25, 0.3) is 5.69 Å². The van der Waals surface area contributed by atoms with Gasteiger partial charge in [-0.05, 0) is 37.1 Å². The van der Waals surface area contributed by atoms with Crippen LogP contribution in [0.2, 0.25) is 0 Å². The molecule has 1 aliphatic rings. The zero-order valence-electron chi connectivity index (χ0n) is 14.8. The van der Waals surface area contributed by atoms with Gasteiger partial charge in [0.05, 0.1) is 15.5 Å². The standard InChI is InChI=1S/C19H17N3O4S2/c23-22(24)16-7-3-15(4-8-16)19-20-18(13-27-19)14-5-9-17(10-6-14)28(25,26)21-11-1-2-12-21/h3-10,13H,1-2,11-12H2. The highest BCUT2D eigenvalue weighted by molar-refractivity contribution is 7.89. The van der Waals surface area contributed by atoms with Crippen LogP contribution in [-0.2, 0) is 10.0 Å². The summed E-state index contributed by atoms with van der Waals surface area (Å²) >= 11 is 1.43.